The van der Waals surface area contributed by atoms with Crippen molar-refractivity contribution < 1.29 is 0 Å². The van der Waals surface area contributed by atoms with Crippen molar-refractivity contribution in [2.75, 3.05) is 5.32 Å². The summed E-state index contributed by atoms with van der Waals surface area (Å²) in [5.41, 5.74) is 7.43. The van der Waals surface area contributed by atoms with Crippen LogP contribution in [0.2, 0.25) is 0 Å². The van der Waals surface area contributed by atoms with E-state index in [1.807, 2.05) is 44.3 Å². The third-order valence-corrected chi connectivity index (χ3v) is 4.42. The lowest BCUT2D eigenvalue weighted by atomic mass is 10.3. The zero-order valence-electron chi connectivity index (χ0n) is 14.0. The molecule has 0 atom stereocenters. The summed E-state index contributed by atoms with van der Waals surface area (Å²) in [6.45, 7) is 1.86. The van der Waals surface area contributed by atoms with Crippen LogP contribution in [0, 0.1) is 6.92 Å². The smallest absolute Gasteiger partial charge is 0.295 e. The van der Waals surface area contributed by atoms with Crippen LogP contribution in [0.5, 0.6) is 0 Å². The first-order valence-electron chi connectivity index (χ1n) is 7.95. The van der Waals surface area contributed by atoms with Crippen LogP contribution in [0.3, 0.4) is 0 Å². The predicted octanol–water partition coefficient (Wildman–Crippen LogP) is 1.31. The molecule has 1 aliphatic carbocycles. The van der Waals surface area contributed by atoms with Crippen LogP contribution < -0.4 is 27.0 Å². The molecule has 7 nitrogen and oxygen atoms in total. The molecule has 1 fully saturated rings. The second kappa shape index (κ2) is 7.24. The molecule has 0 amide bonds. The van der Waals surface area contributed by atoms with E-state index in [0.717, 1.165) is 24.2 Å². The zero-order valence-corrected chi connectivity index (χ0v) is 15.6. The Balaban J connectivity index is 1.71. The number of hydrogen-bond donors (Lipinski definition) is 4. The van der Waals surface area contributed by atoms with Gasteiger partial charge in [0.1, 0.15) is 5.69 Å². The lowest BCUT2D eigenvalue weighted by molar-refractivity contribution is 0.630. The quantitative estimate of drug-likeness (QED) is 0.475. The third kappa shape index (κ3) is 3.99. The van der Waals surface area contributed by atoms with E-state index in [0.29, 0.717) is 16.8 Å². The van der Waals surface area contributed by atoms with Gasteiger partial charge in [-0.15, -0.1) is 0 Å². The van der Waals surface area contributed by atoms with Crippen molar-refractivity contribution in [3.05, 3.63) is 46.4 Å². The molecule has 132 valence electrons. The minimum atomic E-state index is -0.172. The van der Waals surface area contributed by atoms with Gasteiger partial charge >= 0.3 is 0 Å². The van der Waals surface area contributed by atoms with Crippen LogP contribution in [-0.2, 0) is 7.05 Å². The highest BCUT2D eigenvalue weighted by molar-refractivity contribution is 7.80. The Labute approximate surface area is 156 Å². The minimum Gasteiger partial charge on any atom is -0.359 e. The van der Waals surface area contributed by atoms with E-state index in [-0.39, 0.29) is 10.7 Å². The first-order valence-corrected chi connectivity index (χ1v) is 8.76. The van der Waals surface area contributed by atoms with Crippen LogP contribution in [0.4, 0.5) is 5.69 Å². The van der Waals surface area contributed by atoms with E-state index in [1.165, 1.54) is 0 Å². The summed E-state index contributed by atoms with van der Waals surface area (Å²) in [5, 5.41) is 6.83. The zero-order chi connectivity index (χ0) is 18.0. The molecule has 25 heavy (non-hydrogen) atoms. The van der Waals surface area contributed by atoms with Gasteiger partial charge in [-0.3, -0.25) is 20.3 Å². The maximum atomic E-state index is 12.8. The number of aromatic nitrogens is 2. The van der Waals surface area contributed by atoms with Crippen LogP contribution in [0.25, 0.3) is 5.69 Å². The summed E-state index contributed by atoms with van der Waals surface area (Å²) in [6.07, 6.45) is 2.26. The molecule has 0 aliphatic heterocycles. The number of hydrazine groups is 1. The summed E-state index contributed by atoms with van der Waals surface area (Å²) < 4.78 is 3.38. The molecule has 1 aromatic heterocycles. The molecule has 1 aromatic carbocycles. The summed E-state index contributed by atoms with van der Waals surface area (Å²) in [7, 11) is 1.83. The summed E-state index contributed by atoms with van der Waals surface area (Å²) >= 11 is 10.4. The number of hydrogen-bond acceptors (Lipinski definition) is 3. The van der Waals surface area contributed by atoms with Gasteiger partial charge in [0, 0.05) is 13.1 Å². The number of thiocarbonyl (C=S) groups is 2. The molecule has 4 N–H and O–H groups in total. The molecular weight excluding hydrogens is 356 g/mol. The van der Waals surface area contributed by atoms with E-state index in [2.05, 4.69) is 21.5 Å². The van der Waals surface area contributed by atoms with Crippen LogP contribution >= 0.6 is 24.4 Å². The summed E-state index contributed by atoms with van der Waals surface area (Å²) in [5.74, 6) is 0. The van der Waals surface area contributed by atoms with Crippen molar-refractivity contribution in [3.63, 3.8) is 0 Å². The standard InChI is InChI=1S/C16H20N6OS2/c1-10-13(18-16(25)20-19-15(24)17-11-8-9-11)14(23)22(21(10)2)12-6-4-3-5-7-12/h3-7,11H,8-9H2,1-2H3,(H2,17,19,24)(H2,18,20,25). The average Bonchev–Trinajstić information content (AvgIpc) is 3.38. The van der Waals surface area contributed by atoms with Gasteiger partial charge in [-0.05, 0) is 56.3 Å². The Morgan fingerprint density at radius 1 is 1.12 bits per heavy atom. The van der Waals surface area contributed by atoms with E-state index < -0.39 is 0 Å². The number of rotatable bonds is 3. The highest BCUT2D eigenvalue weighted by atomic mass is 32.1. The van der Waals surface area contributed by atoms with Crippen molar-refractivity contribution in [2.45, 2.75) is 25.8 Å². The molecule has 1 heterocycles. The Morgan fingerprint density at radius 3 is 2.40 bits per heavy atom. The first kappa shape index (κ1) is 17.4. The van der Waals surface area contributed by atoms with Crippen molar-refractivity contribution in [3.8, 4) is 5.69 Å². The molecule has 1 aliphatic rings. The molecule has 0 unspecified atom stereocenters. The Hall–Kier alpha value is -2.39. The molecule has 9 heteroatoms. The minimum absolute atomic E-state index is 0.172. The topological polar surface area (TPSA) is 75.1 Å². The number of para-hydroxylation sites is 1. The summed E-state index contributed by atoms with van der Waals surface area (Å²) in [6, 6.07) is 9.91. The van der Waals surface area contributed by atoms with Crippen molar-refractivity contribution >= 4 is 40.3 Å². The number of nitrogens with zero attached hydrogens (tertiary/aromatic N) is 2. The van der Waals surface area contributed by atoms with Gasteiger partial charge in [-0.2, -0.15) is 0 Å². The van der Waals surface area contributed by atoms with Gasteiger partial charge in [-0.1, -0.05) is 18.2 Å². The molecule has 0 bridgehead atoms. The van der Waals surface area contributed by atoms with Gasteiger partial charge in [0.2, 0.25) is 0 Å². The highest BCUT2D eigenvalue weighted by Crippen LogP contribution is 2.18. The normalized spacial score (nSPS) is 13.2. The third-order valence-electron chi connectivity index (χ3n) is 3.99. The largest absolute Gasteiger partial charge is 0.359 e. The lowest BCUT2D eigenvalue weighted by Gasteiger charge is -2.13. The van der Waals surface area contributed by atoms with Crippen molar-refractivity contribution in [1.82, 2.24) is 25.5 Å². The van der Waals surface area contributed by atoms with Crippen LogP contribution in [0.1, 0.15) is 18.5 Å². The monoisotopic (exact) mass is 376 g/mol. The molecule has 0 spiro atoms. The SMILES string of the molecule is Cc1c(NC(=S)NNC(=S)NC2CC2)c(=O)n(-c2ccccc2)n1C. The predicted molar refractivity (Wildman–Crippen MR) is 107 cm³/mol. The Bertz CT molecular complexity index is 854. The maximum Gasteiger partial charge on any atom is 0.295 e. The van der Waals surface area contributed by atoms with Crippen molar-refractivity contribution in [2.24, 2.45) is 7.05 Å². The van der Waals surface area contributed by atoms with Crippen LogP contribution in [0.15, 0.2) is 35.1 Å². The molecule has 3 rings (SSSR count). The van der Waals surface area contributed by atoms with Gasteiger partial charge in [0.25, 0.3) is 5.56 Å². The van der Waals surface area contributed by atoms with Gasteiger partial charge in [0.05, 0.1) is 11.4 Å². The maximum absolute atomic E-state index is 12.8. The molecule has 0 saturated heterocycles. The summed E-state index contributed by atoms with van der Waals surface area (Å²) in [4.78, 5) is 12.8. The van der Waals surface area contributed by atoms with Gasteiger partial charge in [-0.25, -0.2) is 4.68 Å². The fourth-order valence-electron chi connectivity index (χ4n) is 2.42. The van der Waals surface area contributed by atoms with E-state index in [1.54, 1.807) is 9.36 Å². The second-order valence-electron chi connectivity index (χ2n) is 5.89. The number of anilines is 1. The Morgan fingerprint density at radius 2 is 1.76 bits per heavy atom. The van der Waals surface area contributed by atoms with Crippen LogP contribution in [-0.4, -0.2) is 25.6 Å². The fraction of sp³-hybridized carbons (Fsp3) is 0.312. The average molecular weight is 377 g/mol. The van der Waals surface area contributed by atoms with Crippen molar-refractivity contribution in [1.29, 1.82) is 0 Å². The molecule has 1 saturated carbocycles. The Kier molecular flexibility index (Phi) is 5.05. The van der Waals surface area contributed by atoms with E-state index >= 15 is 0 Å². The highest BCUT2D eigenvalue weighted by Gasteiger charge is 2.22. The molecule has 0 radical (unpaired) electrons. The lowest BCUT2D eigenvalue weighted by Crippen LogP contribution is -2.49. The molecule has 2 aromatic rings. The van der Waals surface area contributed by atoms with E-state index in [9.17, 15) is 4.79 Å². The van der Waals surface area contributed by atoms with E-state index in [4.69, 9.17) is 24.4 Å². The second-order valence-corrected chi connectivity index (χ2v) is 6.70. The fourth-order valence-corrected chi connectivity index (χ4v) is 2.79. The number of benzene rings is 1. The molecular formula is C16H20N6OS2. The van der Waals surface area contributed by atoms with Gasteiger partial charge < -0.3 is 10.6 Å². The number of nitrogens with one attached hydrogen (secondary N) is 4. The van der Waals surface area contributed by atoms with Gasteiger partial charge in [0.15, 0.2) is 10.2 Å². The first-order chi connectivity index (χ1) is 12.0.